The van der Waals surface area contributed by atoms with Crippen LogP contribution >= 0.6 is 0 Å². The zero-order chi connectivity index (χ0) is 28.0. The van der Waals surface area contributed by atoms with E-state index in [4.69, 9.17) is 4.55 Å². The number of aromatic nitrogens is 1. The zero-order valence-corrected chi connectivity index (χ0v) is 23.5. The normalized spacial score (nSPS) is 11.6. The van der Waals surface area contributed by atoms with Gasteiger partial charge in [-0.25, -0.2) is 0 Å². The summed E-state index contributed by atoms with van der Waals surface area (Å²) in [6, 6.07) is 26.3. The van der Waals surface area contributed by atoms with Crippen LogP contribution in [0.2, 0.25) is 0 Å². The Labute approximate surface area is 230 Å². The van der Waals surface area contributed by atoms with Crippen molar-refractivity contribution in [3.05, 3.63) is 102 Å². The maximum atomic E-state index is 11.1. The average Bonchev–Trinajstić information content (AvgIpc) is 2.91. The van der Waals surface area contributed by atoms with Crippen molar-refractivity contribution in [1.29, 1.82) is 0 Å². The molecular weight excluding hydrogens is 510 g/mol. The molecule has 0 atom stereocenters. The van der Waals surface area contributed by atoms with Gasteiger partial charge in [-0.15, -0.1) is 5.10 Å². The summed E-state index contributed by atoms with van der Waals surface area (Å²) in [7, 11) is 4.05. The number of anilines is 2. The van der Waals surface area contributed by atoms with Gasteiger partial charge in [0.05, 0.1) is 17.4 Å². The predicted molar refractivity (Wildman–Crippen MR) is 160 cm³/mol. The SMILES string of the molecule is CN(C)c1ccc(C(=NN=Cc2cc[n+](CCCS(=O)(=O)O)c3ccccc23)c2ccc(N(C)C)cc2)cc1. The molecule has 0 aliphatic rings. The summed E-state index contributed by atoms with van der Waals surface area (Å²) in [6.45, 7) is 0.464. The minimum absolute atomic E-state index is 0.278. The Morgan fingerprint density at radius 2 is 1.41 bits per heavy atom. The number of hydrogen-bond acceptors (Lipinski definition) is 6. The summed E-state index contributed by atoms with van der Waals surface area (Å²) in [5.74, 6) is -0.278. The molecule has 0 spiro atoms. The number of pyridine rings is 1. The van der Waals surface area contributed by atoms with E-state index in [0.717, 1.165) is 44.7 Å². The van der Waals surface area contributed by atoms with Crippen molar-refractivity contribution in [1.82, 2.24) is 0 Å². The molecule has 0 aliphatic carbocycles. The van der Waals surface area contributed by atoms with Crippen LogP contribution in [0.15, 0.2) is 95.3 Å². The molecule has 39 heavy (non-hydrogen) atoms. The van der Waals surface area contributed by atoms with Crippen LogP contribution in [-0.2, 0) is 16.7 Å². The van der Waals surface area contributed by atoms with E-state index in [1.807, 2.05) is 69.3 Å². The molecule has 0 aliphatic heterocycles. The van der Waals surface area contributed by atoms with Crippen LogP contribution in [0.3, 0.4) is 0 Å². The standard InChI is InChI=1S/C30H33N5O3S/c1-33(2)26-14-10-23(11-15-26)30(24-12-16-27(17-13-24)34(3)4)32-31-22-25-18-20-35(19-7-21-39(36,37)38)29-9-6-5-8-28(25)29/h5-6,8-18,20,22H,7,19,21H2,1-4H3/p+1. The van der Waals surface area contributed by atoms with E-state index in [1.165, 1.54) is 0 Å². The molecule has 0 fully saturated rings. The smallest absolute Gasteiger partial charge is 0.265 e. The summed E-state index contributed by atoms with van der Waals surface area (Å²) >= 11 is 0. The Morgan fingerprint density at radius 3 is 1.95 bits per heavy atom. The Balaban J connectivity index is 1.69. The van der Waals surface area contributed by atoms with Gasteiger partial charge >= 0.3 is 0 Å². The second-order valence-electron chi connectivity index (χ2n) is 9.70. The average molecular weight is 545 g/mol. The van der Waals surface area contributed by atoms with Gasteiger partial charge in [-0.1, -0.05) is 36.4 Å². The molecule has 202 valence electrons. The highest BCUT2D eigenvalue weighted by atomic mass is 32.2. The van der Waals surface area contributed by atoms with Gasteiger partial charge in [0, 0.05) is 74.8 Å². The van der Waals surface area contributed by atoms with Crippen LogP contribution in [0.4, 0.5) is 11.4 Å². The third-order valence-electron chi connectivity index (χ3n) is 6.43. The minimum Gasteiger partial charge on any atom is -0.378 e. The number of nitrogens with zero attached hydrogens (tertiary/aromatic N) is 5. The minimum atomic E-state index is -3.99. The first kappa shape index (κ1) is 27.9. The van der Waals surface area contributed by atoms with Crippen molar-refractivity contribution >= 4 is 44.3 Å². The second kappa shape index (κ2) is 12.2. The molecule has 0 amide bonds. The third kappa shape index (κ3) is 7.28. The lowest BCUT2D eigenvalue weighted by Crippen LogP contribution is -2.35. The highest BCUT2D eigenvalue weighted by Gasteiger charge is 2.14. The predicted octanol–water partition coefficient (Wildman–Crippen LogP) is 4.41. The molecule has 4 aromatic rings. The van der Waals surface area contributed by atoms with Crippen molar-refractivity contribution in [2.45, 2.75) is 13.0 Å². The molecule has 0 radical (unpaired) electrons. The second-order valence-corrected chi connectivity index (χ2v) is 11.3. The lowest BCUT2D eigenvalue weighted by Gasteiger charge is -2.15. The van der Waals surface area contributed by atoms with E-state index in [1.54, 1.807) is 6.21 Å². The zero-order valence-electron chi connectivity index (χ0n) is 22.7. The maximum absolute atomic E-state index is 11.1. The first-order valence-electron chi connectivity index (χ1n) is 12.7. The van der Waals surface area contributed by atoms with Crippen LogP contribution in [0, 0.1) is 0 Å². The van der Waals surface area contributed by atoms with Crippen LogP contribution < -0.4 is 14.4 Å². The van der Waals surface area contributed by atoms with Crippen molar-refractivity contribution in [3.63, 3.8) is 0 Å². The van der Waals surface area contributed by atoms with Gasteiger partial charge in [0.25, 0.3) is 10.1 Å². The van der Waals surface area contributed by atoms with E-state index in [2.05, 4.69) is 68.5 Å². The molecule has 4 rings (SSSR count). The molecule has 1 heterocycles. The molecule has 0 saturated carbocycles. The van der Waals surface area contributed by atoms with E-state index in [9.17, 15) is 8.42 Å². The molecular formula is C30H34N5O3S+. The Morgan fingerprint density at radius 1 is 0.846 bits per heavy atom. The topological polar surface area (TPSA) is 89.4 Å². The molecule has 9 heteroatoms. The monoisotopic (exact) mass is 544 g/mol. The van der Waals surface area contributed by atoms with Crippen LogP contribution in [0.25, 0.3) is 10.9 Å². The fourth-order valence-electron chi connectivity index (χ4n) is 4.30. The third-order valence-corrected chi connectivity index (χ3v) is 7.23. The quantitative estimate of drug-likeness (QED) is 0.138. The van der Waals surface area contributed by atoms with Crippen molar-refractivity contribution < 1.29 is 17.5 Å². The first-order valence-corrected chi connectivity index (χ1v) is 14.3. The van der Waals surface area contributed by atoms with E-state index >= 15 is 0 Å². The van der Waals surface area contributed by atoms with Gasteiger partial charge in [-0.05, 0) is 30.3 Å². The summed E-state index contributed by atoms with van der Waals surface area (Å²) in [5, 5.41) is 10.1. The molecule has 3 aromatic carbocycles. The fraction of sp³-hybridized carbons (Fsp3) is 0.233. The number of fused-ring (bicyclic) bond motifs is 1. The van der Waals surface area contributed by atoms with Crippen LogP contribution in [0.5, 0.6) is 0 Å². The Hall–Kier alpha value is -4.08. The van der Waals surface area contributed by atoms with Crippen molar-refractivity contribution in [2.24, 2.45) is 10.2 Å². The molecule has 8 nitrogen and oxygen atoms in total. The van der Waals surface area contributed by atoms with Crippen molar-refractivity contribution in [3.8, 4) is 0 Å². The molecule has 1 aromatic heterocycles. The summed E-state index contributed by atoms with van der Waals surface area (Å²) in [4.78, 5) is 4.11. The van der Waals surface area contributed by atoms with Gasteiger partial charge < -0.3 is 9.80 Å². The molecule has 1 N–H and O–H groups in total. The number of rotatable bonds is 10. The van der Waals surface area contributed by atoms with Gasteiger partial charge in [-0.2, -0.15) is 18.1 Å². The van der Waals surface area contributed by atoms with E-state index in [-0.39, 0.29) is 5.75 Å². The molecule has 0 saturated heterocycles. The summed E-state index contributed by atoms with van der Waals surface area (Å²) in [5.41, 5.74) is 6.73. The summed E-state index contributed by atoms with van der Waals surface area (Å²) < 4.78 is 33.3. The Kier molecular flexibility index (Phi) is 8.73. The summed E-state index contributed by atoms with van der Waals surface area (Å²) in [6.07, 6.45) is 3.96. The Bertz CT molecular complexity index is 1540. The first-order chi connectivity index (χ1) is 18.6. The van der Waals surface area contributed by atoms with Gasteiger partial charge in [-0.3, -0.25) is 4.55 Å². The fourth-order valence-corrected chi connectivity index (χ4v) is 4.79. The lowest BCUT2D eigenvalue weighted by molar-refractivity contribution is -0.671. The van der Waals surface area contributed by atoms with Crippen LogP contribution in [-0.4, -0.2) is 58.8 Å². The lowest BCUT2D eigenvalue weighted by atomic mass is 10.0. The maximum Gasteiger partial charge on any atom is 0.265 e. The van der Waals surface area contributed by atoms with E-state index < -0.39 is 10.1 Å². The number of para-hydroxylation sites is 1. The van der Waals surface area contributed by atoms with Gasteiger partial charge in [0.1, 0.15) is 12.3 Å². The molecule has 0 bridgehead atoms. The highest BCUT2D eigenvalue weighted by Crippen LogP contribution is 2.20. The van der Waals surface area contributed by atoms with Gasteiger partial charge in [0.15, 0.2) is 6.20 Å². The molecule has 0 unspecified atom stereocenters. The largest absolute Gasteiger partial charge is 0.378 e. The number of aryl methyl sites for hydroxylation is 1. The van der Waals surface area contributed by atoms with Crippen LogP contribution in [0.1, 0.15) is 23.1 Å². The highest BCUT2D eigenvalue weighted by molar-refractivity contribution is 7.85. The van der Waals surface area contributed by atoms with Gasteiger partial charge in [0.2, 0.25) is 5.52 Å². The number of benzene rings is 3. The number of hydrogen-bond donors (Lipinski definition) is 1. The van der Waals surface area contributed by atoms with Crippen molar-refractivity contribution in [2.75, 3.05) is 43.7 Å². The van der Waals surface area contributed by atoms with E-state index in [0.29, 0.717) is 13.0 Å².